The number of amides is 1. The molecule has 3 aromatic rings. The number of nitrogens with zero attached hydrogens (tertiary/aromatic N) is 3. The van der Waals surface area contributed by atoms with Crippen LogP contribution in [0.1, 0.15) is 49.0 Å². The summed E-state index contributed by atoms with van der Waals surface area (Å²) in [7, 11) is 0. The second kappa shape index (κ2) is 9.16. The van der Waals surface area contributed by atoms with Crippen LogP contribution in [0.4, 0.5) is 8.78 Å². The highest BCUT2D eigenvalue weighted by atomic mass is 19.3. The lowest BCUT2D eigenvalue weighted by Crippen LogP contribution is -2.36. The van der Waals surface area contributed by atoms with Crippen molar-refractivity contribution in [3.05, 3.63) is 65.9 Å². The van der Waals surface area contributed by atoms with Gasteiger partial charge in [0.25, 0.3) is 5.92 Å². The van der Waals surface area contributed by atoms with Crippen molar-refractivity contribution in [1.82, 2.24) is 9.88 Å². The molecule has 2 heterocycles. The number of pyridine rings is 1. The third kappa shape index (κ3) is 5.20. The number of carbonyl (C=O) groups excluding carboxylic acids is 2. The van der Waals surface area contributed by atoms with Crippen molar-refractivity contribution in [3.63, 3.8) is 0 Å². The van der Waals surface area contributed by atoms with E-state index in [-0.39, 0.29) is 18.6 Å². The third-order valence-corrected chi connectivity index (χ3v) is 6.27. The number of carbonyl (C=O) groups is 2. The van der Waals surface area contributed by atoms with Gasteiger partial charge in [-0.25, -0.2) is 8.78 Å². The lowest BCUT2D eigenvalue weighted by molar-refractivity contribution is -0.132. The second-order valence-corrected chi connectivity index (χ2v) is 9.38. The molecule has 1 atom stereocenters. The average molecular weight is 478 g/mol. The summed E-state index contributed by atoms with van der Waals surface area (Å²) in [4.78, 5) is 30.7. The summed E-state index contributed by atoms with van der Waals surface area (Å²) in [6.45, 7) is 2.62. The Morgan fingerprint density at radius 3 is 2.49 bits per heavy atom. The lowest BCUT2D eigenvalue weighted by atomic mass is 9.94. The van der Waals surface area contributed by atoms with Gasteiger partial charge in [-0.3, -0.25) is 14.6 Å². The molecule has 0 spiro atoms. The molecule has 1 N–H and O–H groups in total. The minimum absolute atomic E-state index is 0.164. The SMILES string of the molecule is CC(C)(O)c1ccc(-c2ccc3nccc(C(=O)CCC(=O)N4CC(F)(F)C[C@H]4C#N)c3c2)cc1. The van der Waals surface area contributed by atoms with E-state index in [4.69, 9.17) is 5.26 Å². The van der Waals surface area contributed by atoms with Gasteiger partial charge >= 0.3 is 0 Å². The number of aromatic nitrogens is 1. The van der Waals surface area contributed by atoms with E-state index in [2.05, 4.69) is 4.98 Å². The molecule has 1 saturated heterocycles. The molecule has 35 heavy (non-hydrogen) atoms. The van der Waals surface area contributed by atoms with Gasteiger partial charge in [0, 0.05) is 36.4 Å². The molecular formula is C27H25F2N3O3. The van der Waals surface area contributed by atoms with E-state index >= 15 is 0 Å². The maximum absolute atomic E-state index is 13.7. The van der Waals surface area contributed by atoms with Crippen LogP contribution in [0.2, 0.25) is 0 Å². The molecule has 1 amide bonds. The summed E-state index contributed by atoms with van der Waals surface area (Å²) in [5.41, 5.74) is 2.58. The Labute approximate surface area is 201 Å². The van der Waals surface area contributed by atoms with Crippen LogP contribution in [0.25, 0.3) is 22.0 Å². The number of hydrogen-bond donors (Lipinski definition) is 1. The number of rotatable bonds is 6. The topological polar surface area (TPSA) is 94.3 Å². The molecule has 0 saturated carbocycles. The van der Waals surface area contributed by atoms with Gasteiger partial charge in [0.15, 0.2) is 5.78 Å². The number of nitriles is 1. The minimum Gasteiger partial charge on any atom is -0.386 e. The van der Waals surface area contributed by atoms with Crippen LogP contribution in [0.5, 0.6) is 0 Å². The Morgan fingerprint density at radius 1 is 1.14 bits per heavy atom. The maximum atomic E-state index is 13.7. The first-order chi connectivity index (χ1) is 16.5. The van der Waals surface area contributed by atoms with Crippen LogP contribution in [-0.4, -0.2) is 45.2 Å². The number of alkyl halides is 2. The van der Waals surface area contributed by atoms with Gasteiger partial charge < -0.3 is 10.0 Å². The number of benzene rings is 2. The van der Waals surface area contributed by atoms with Crippen molar-refractivity contribution in [2.24, 2.45) is 0 Å². The van der Waals surface area contributed by atoms with Gasteiger partial charge in [0.05, 0.1) is 23.7 Å². The van der Waals surface area contributed by atoms with Crippen LogP contribution in [0, 0.1) is 11.3 Å². The van der Waals surface area contributed by atoms with E-state index in [9.17, 15) is 23.5 Å². The van der Waals surface area contributed by atoms with Gasteiger partial charge in [-0.15, -0.1) is 0 Å². The maximum Gasteiger partial charge on any atom is 0.268 e. The van der Waals surface area contributed by atoms with Gasteiger partial charge in [-0.2, -0.15) is 5.26 Å². The lowest BCUT2D eigenvalue weighted by Gasteiger charge is -2.19. The monoisotopic (exact) mass is 477 g/mol. The Bertz CT molecular complexity index is 1320. The molecule has 0 bridgehead atoms. The summed E-state index contributed by atoms with van der Waals surface area (Å²) in [5.74, 6) is -4.03. The molecule has 8 heteroatoms. The molecule has 6 nitrogen and oxygen atoms in total. The van der Waals surface area contributed by atoms with Crippen molar-refractivity contribution in [2.45, 2.75) is 50.7 Å². The third-order valence-electron chi connectivity index (χ3n) is 6.27. The quantitative estimate of drug-likeness (QED) is 0.512. The van der Waals surface area contributed by atoms with E-state index in [1.807, 2.05) is 36.4 Å². The first-order valence-corrected chi connectivity index (χ1v) is 11.3. The predicted molar refractivity (Wildman–Crippen MR) is 127 cm³/mol. The first-order valence-electron chi connectivity index (χ1n) is 11.3. The second-order valence-electron chi connectivity index (χ2n) is 9.38. The fraction of sp³-hybridized carbons (Fsp3) is 0.333. The van der Waals surface area contributed by atoms with Crippen molar-refractivity contribution in [2.75, 3.05) is 6.54 Å². The molecule has 1 aliphatic heterocycles. The number of halogens is 2. The number of ketones is 1. The van der Waals surface area contributed by atoms with Crippen molar-refractivity contribution in [1.29, 1.82) is 5.26 Å². The minimum atomic E-state index is -3.09. The summed E-state index contributed by atoms with van der Waals surface area (Å²) in [5, 5.41) is 19.9. The summed E-state index contributed by atoms with van der Waals surface area (Å²) in [6, 6.07) is 15.2. The van der Waals surface area contributed by atoms with E-state index < -0.39 is 36.4 Å². The normalized spacial score (nSPS) is 17.4. The molecule has 1 aliphatic rings. The molecule has 0 unspecified atom stereocenters. The molecule has 4 rings (SSSR count). The number of hydrogen-bond acceptors (Lipinski definition) is 5. The van der Waals surface area contributed by atoms with Crippen LogP contribution in [0.3, 0.4) is 0 Å². The van der Waals surface area contributed by atoms with Crippen LogP contribution in [-0.2, 0) is 10.4 Å². The van der Waals surface area contributed by atoms with E-state index in [0.29, 0.717) is 16.5 Å². The van der Waals surface area contributed by atoms with Gasteiger partial charge in [0.1, 0.15) is 6.04 Å². The van der Waals surface area contributed by atoms with Crippen molar-refractivity contribution in [3.8, 4) is 17.2 Å². The molecule has 180 valence electrons. The zero-order valence-corrected chi connectivity index (χ0v) is 19.5. The Morgan fingerprint density at radius 2 is 1.83 bits per heavy atom. The zero-order chi connectivity index (χ0) is 25.4. The molecular weight excluding hydrogens is 452 g/mol. The standard InChI is InChI=1S/C27H25F2N3O3/c1-26(2,35)19-6-3-17(4-7-19)18-5-8-23-22(13-18)21(11-12-31-23)24(33)9-10-25(34)32-16-27(28,29)14-20(32)15-30/h3-8,11-13,20,35H,9-10,14,16H2,1-2H3/t20-/m0/s1. The fourth-order valence-electron chi connectivity index (χ4n) is 4.33. The van der Waals surface area contributed by atoms with E-state index in [1.54, 1.807) is 32.0 Å². The van der Waals surface area contributed by atoms with Gasteiger partial charge in [0.2, 0.25) is 5.91 Å². The average Bonchev–Trinajstić information content (AvgIpc) is 3.15. The Kier molecular flexibility index (Phi) is 6.39. The highest BCUT2D eigenvalue weighted by Gasteiger charge is 2.47. The van der Waals surface area contributed by atoms with Crippen molar-refractivity contribution >= 4 is 22.6 Å². The number of aliphatic hydroxyl groups is 1. The summed E-state index contributed by atoms with van der Waals surface area (Å²) < 4.78 is 27.3. The van der Waals surface area contributed by atoms with Gasteiger partial charge in [-0.05, 0) is 48.7 Å². The van der Waals surface area contributed by atoms with E-state index in [0.717, 1.165) is 21.6 Å². The predicted octanol–water partition coefficient (Wildman–Crippen LogP) is 4.85. The van der Waals surface area contributed by atoms with Crippen LogP contribution < -0.4 is 0 Å². The zero-order valence-electron chi connectivity index (χ0n) is 19.5. The van der Waals surface area contributed by atoms with Gasteiger partial charge in [-0.1, -0.05) is 30.3 Å². The number of Topliss-reactive ketones (excluding diaryl/α,β-unsaturated/α-hetero) is 1. The molecule has 1 aromatic heterocycles. The van der Waals surface area contributed by atoms with Crippen molar-refractivity contribution < 1.29 is 23.5 Å². The number of likely N-dealkylation sites (tertiary alicyclic amines) is 1. The smallest absolute Gasteiger partial charge is 0.268 e. The Hall–Kier alpha value is -3.70. The first kappa shape index (κ1) is 24.4. The Balaban J connectivity index is 1.55. The summed E-state index contributed by atoms with van der Waals surface area (Å²) >= 11 is 0. The van der Waals surface area contributed by atoms with E-state index in [1.165, 1.54) is 6.20 Å². The highest BCUT2D eigenvalue weighted by molar-refractivity contribution is 6.08. The van der Waals surface area contributed by atoms with Crippen LogP contribution in [0.15, 0.2) is 54.7 Å². The molecule has 2 aromatic carbocycles. The molecule has 0 radical (unpaired) electrons. The highest BCUT2D eigenvalue weighted by Crippen LogP contribution is 2.33. The molecule has 1 fully saturated rings. The largest absolute Gasteiger partial charge is 0.386 e. The molecule has 0 aliphatic carbocycles. The van der Waals surface area contributed by atoms with Crippen LogP contribution >= 0.6 is 0 Å². The number of fused-ring (bicyclic) bond motifs is 1. The fourth-order valence-corrected chi connectivity index (χ4v) is 4.33. The summed E-state index contributed by atoms with van der Waals surface area (Å²) in [6.07, 6.45) is 0.414.